The standard InChI is InChI=1S/C39H28BNO/c1-39(2)33-24-26(21-22-36(33)41-35-19-7-4-14-30(35)29-13-3-6-18-34(29)40(39)41)25-11-9-12-27(23-25)28-16-10-17-32-31-15-5-8-20-37(31)42-38(28)32/h3-24H,1-2H3. The molecule has 0 saturated heterocycles. The van der Waals surface area contributed by atoms with Gasteiger partial charge in [0.15, 0.2) is 0 Å². The van der Waals surface area contributed by atoms with Gasteiger partial charge >= 0.3 is 6.85 Å². The lowest BCUT2D eigenvalue weighted by atomic mass is 9.37. The third-order valence-electron chi connectivity index (χ3n) is 9.51. The van der Waals surface area contributed by atoms with Gasteiger partial charge in [-0.25, -0.2) is 0 Å². The lowest BCUT2D eigenvalue weighted by Crippen LogP contribution is -2.55. The maximum atomic E-state index is 6.38. The van der Waals surface area contributed by atoms with Crippen LogP contribution in [0.5, 0.6) is 0 Å². The van der Waals surface area contributed by atoms with Gasteiger partial charge < -0.3 is 9.23 Å². The van der Waals surface area contributed by atoms with Crippen LogP contribution < -0.4 is 10.3 Å². The number of anilines is 2. The molecule has 0 radical (unpaired) electrons. The van der Waals surface area contributed by atoms with Crippen LogP contribution >= 0.6 is 0 Å². The lowest BCUT2D eigenvalue weighted by molar-refractivity contribution is 0.670. The molecule has 9 rings (SSSR count). The molecule has 2 nitrogen and oxygen atoms in total. The molecular weight excluding hydrogens is 509 g/mol. The van der Waals surface area contributed by atoms with E-state index in [-0.39, 0.29) is 12.2 Å². The second kappa shape index (κ2) is 8.50. The quantitative estimate of drug-likeness (QED) is 0.204. The average molecular weight is 537 g/mol. The Morgan fingerprint density at radius 1 is 0.548 bits per heavy atom. The van der Waals surface area contributed by atoms with Gasteiger partial charge in [-0.3, -0.25) is 0 Å². The van der Waals surface area contributed by atoms with Crippen LogP contribution in [-0.2, 0) is 5.31 Å². The molecule has 0 aliphatic carbocycles. The first-order valence-corrected chi connectivity index (χ1v) is 14.7. The van der Waals surface area contributed by atoms with Crippen LogP contribution in [0.25, 0.3) is 55.3 Å². The minimum absolute atomic E-state index is 0.0769. The van der Waals surface area contributed by atoms with Crippen molar-refractivity contribution in [3.63, 3.8) is 0 Å². The summed E-state index contributed by atoms with van der Waals surface area (Å²) in [5.74, 6) is 0. The van der Waals surface area contributed by atoms with Gasteiger partial charge in [-0.2, -0.15) is 0 Å². The van der Waals surface area contributed by atoms with E-state index in [1.165, 1.54) is 44.7 Å². The molecule has 0 spiro atoms. The Hall–Kier alpha value is -5.02. The zero-order valence-corrected chi connectivity index (χ0v) is 23.6. The molecule has 3 heteroatoms. The number of hydrogen-bond acceptors (Lipinski definition) is 2. The summed E-state index contributed by atoms with van der Waals surface area (Å²) in [7, 11) is 0. The highest BCUT2D eigenvalue weighted by Crippen LogP contribution is 2.52. The zero-order chi connectivity index (χ0) is 28.0. The fraction of sp³-hybridized carbons (Fsp3) is 0.0769. The molecule has 0 bridgehead atoms. The molecule has 2 aliphatic rings. The van der Waals surface area contributed by atoms with Crippen molar-refractivity contribution < 1.29 is 4.42 Å². The number of para-hydroxylation sites is 3. The molecule has 2 aliphatic heterocycles. The number of benzene rings is 6. The largest absolute Gasteiger partial charge is 0.455 e. The van der Waals surface area contributed by atoms with Crippen LogP contribution in [0, 0.1) is 0 Å². The predicted molar refractivity (Wildman–Crippen MR) is 177 cm³/mol. The Kier molecular flexibility index (Phi) is 4.79. The number of furan rings is 1. The normalized spacial score (nSPS) is 14.5. The number of rotatable bonds is 2. The third-order valence-corrected chi connectivity index (χ3v) is 9.51. The second-order valence-corrected chi connectivity index (χ2v) is 12.2. The van der Waals surface area contributed by atoms with Gasteiger partial charge in [-0.1, -0.05) is 117 Å². The van der Waals surface area contributed by atoms with Crippen LogP contribution in [0.15, 0.2) is 138 Å². The van der Waals surface area contributed by atoms with Crippen molar-refractivity contribution in [3.8, 4) is 33.4 Å². The molecule has 7 aromatic rings. The van der Waals surface area contributed by atoms with E-state index in [0.29, 0.717) is 0 Å². The van der Waals surface area contributed by atoms with E-state index in [1.807, 2.05) is 12.1 Å². The zero-order valence-electron chi connectivity index (χ0n) is 23.6. The van der Waals surface area contributed by atoms with Crippen molar-refractivity contribution in [2.45, 2.75) is 19.2 Å². The van der Waals surface area contributed by atoms with E-state index in [0.717, 1.165) is 33.1 Å². The maximum absolute atomic E-state index is 6.38. The number of hydrogen-bond donors (Lipinski definition) is 0. The highest BCUT2D eigenvalue weighted by molar-refractivity contribution is 6.84. The molecule has 0 saturated carbocycles. The van der Waals surface area contributed by atoms with Crippen LogP contribution in [0.4, 0.5) is 11.4 Å². The minimum Gasteiger partial charge on any atom is -0.455 e. The van der Waals surface area contributed by atoms with Crippen LogP contribution in [0.3, 0.4) is 0 Å². The van der Waals surface area contributed by atoms with Crippen LogP contribution in [-0.4, -0.2) is 6.85 Å². The SMILES string of the molecule is CC1(C)B2c3ccccc3-c3ccccc3N2c2ccc(-c3cccc(-c4cccc5c4oc4ccccc45)c3)cc21. The molecule has 42 heavy (non-hydrogen) atoms. The van der Waals surface area contributed by atoms with E-state index in [1.54, 1.807) is 0 Å². The van der Waals surface area contributed by atoms with E-state index < -0.39 is 0 Å². The monoisotopic (exact) mass is 537 g/mol. The highest BCUT2D eigenvalue weighted by atomic mass is 16.3. The van der Waals surface area contributed by atoms with Crippen molar-refractivity contribution in [1.29, 1.82) is 0 Å². The summed E-state index contributed by atoms with van der Waals surface area (Å²) in [5, 5.41) is 2.24. The summed E-state index contributed by atoms with van der Waals surface area (Å²) < 4.78 is 6.38. The fourth-order valence-electron chi connectivity index (χ4n) is 7.58. The van der Waals surface area contributed by atoms with Crippen LogP contribution in [0.2, 0.25) is 0 Å². The van der Waals surface area contributed by atoms with Gasteiger partial charge in [0.2, 0.25) is 0 Å². The smallest absolute Gasteiger partial charge is 0.304 e. The van der Waals surface area contributed by atoms with Gasteiger partial charge in [0.05, 0.1) is 0 Å². The van der Waals surface area contributed by atoms with Gasteiger partial charge in [-0.05, 0) is 68.9 Å². The van der Waals surface area contributed by atoms with Crippen molar-refractivity contribution in [3.05, 3.63) is 139 Å². The first-order valence-electron chi connectivity index (χ1n) is 14.7. The Morgan fingerprint density at radius 2 is 1.24 bits per heavy atom. The Morgan fingerprint density at radius 3 is 2.17 bits per heavy atom. The maximum Gasteiger partial charge on any atom is 0.304 e. The average Bonchev–Trinajstić information content (AvgIpc) is 3.53. The molecule has 0 fully saturated rings. The molecule has 3 heterocycles. The molecule has 0 unspecified atom stereocenters. The lowest BCUT2D eigenvalue weighted by Gasteiger charge is -2.38. The summed E-state index contributed by atoms with van der Waals surface area (Å²) in [4.78, 5) is 2.58. The van der Waals surface area contributed by atoms with E-state index >= 15 is 0 Å². The van der Waals surface area contributed by atoms with Crippen molar-refractivity contribution in [1.82, 2.24) is 0 Å². The molecule has 0 atom stereocenters. The van der Waals surface area contributed by atoms with Gasteiger partial charge in [-0.15, -0.1) is 0 Å². The van der Waals surface area contributed by atoms with Gasteiger partial charge in [0, 0.05) is 33.3 Å². The highest BCUT2D eigenvalue weighted by Gasteiger charge is 2.52. The molecule has 6 aromatic carbocycles. The predicted octanol–water partition coefficient (Wildman–Crippen LogP) is 9.77. The molecule has 0 amide bonds. The summed E-state index contributed by atoms with van der Waals surface area (Å²) >= 11 is 0. The van der Waals surface area contributed by atoms with Gasteiger partial charge in [0.1, 0.15) is 11.2 Å². The third kappa shape index (κ3) is 3.17. The summed E-state index contributed by atoms with van der Waals surface area (Å²) in [5.41, 5.74) is 14.7. The Bertz CT molecular complexity index is 2210. The Balaban J connectivity index is 1.19. The summed E-state index contributed by atoms with van der Waals surface area (Å²) in [6.07, 6.45) is 0. The minimum atomic E-state index is -0.0769. The number of nitrogens with zero attached hydrogens (tertiary/aromatic N) is 1. The van der Waals surface area contributed by atoms with Gasteiger partial charge in [0.25, 0.3) is 0 Å². The summed E-state index contributed by atoms with van der Waals surface area (Å²) in [6, 6.07) is 48.5. The van der Waals surface area contributed by atoms with Crippen molar-refractivity contribution >= 4 is 45.6 Å². The van der Waals surface area contributed by atoms with E-state index in [4.69, 9.17) is 4.42 Å². The second-order valence-electron chi connectivity index (χ2n) is 12.2. The topological polar surface area (TPSA) is 16.4 Å². The molecule has 198 valence electrons. The van der Waals surface area contributed by atoms with E-state index in [2.05, 4.69) is 140 Å². The Labute approximate surface area is 246 Å². The fourth-order valence-corrected chi connectivity index (χ4v) is 7.58. The van der Waals surface area contributed by atoms with E-state index in [9.17, 15) is 0 Å². The van der Waals surface area contributed by atoms with Crippen LogP contribution in [0.1, 0.15) is 19.4 Å². The molecule has 0 N–H and O–H groups in total. The summed E-state index contributed by atoms with van der Waals surface area (Å²) in [6.45, 7) is 5.05. The molecular formula is C39H28BNO. The van der Waals surface area contributed by atoms with Crippen molar-refractivity contribution in [2.75, 3.05) is 4.81 Å². The first kappa shape index (κ1) is 23.7. The number of fused-ring (bicyclic) bond motifs is 11. The van der Waals surface area contributed by atoms with Crippen molar-refractivity contribution in [2.24, 2.45) is 0 Å². The molecule has 1 aromatic heterocycles. The first-order chi connectivity index (χ1) is 20.6.